The molecule has 0 unspecified atom stereocenters. The van der Waals surface area contributed by atoms with Crippen LogP contribution in [0.4, 0.5) is 5.69 Å². The molecule has 0 radical (unpaired) electrons. The van der Waals surface area contributed by atoms with Gasteiger partial charge in [-0.25, -0.2) is 8.42 Å². The van der Waals surface area contributed by atoms with E-state index >= 15 is 0 Å². The van der Waals surface area contributed by atoms with Crippen molar-refractivity contribution in [2.45, 2.75) is 4.90 Å². The molecule has 0 N–H and O–H groups in total. The van der Waals surface area contributed by atoms with Crippen LogP contribution in [-0.4, -0.2) is 15.5 Å². The summed E-state index contributed by atoms with van der Waals surface area (Å²) in [6, 6.07) is 15.9. The first kappa shape index (κ1) is 14.6. The predicted octanol–water partition coefficient (Wildman–Crippen LogP) is 2.26. The SMILES string of the molecule is CN(c1ccc(C#N)cc1)S(=O)(=O)c1cccc(C#N)c1. The molecule has 0 spiro atoms. The van der Waals surface area contributed by atoms with Gasteiger partial charge in [-0.1, -0.05) is 6.07 Å². The highest BCUT2D eigenvalue weighted by atomic mass is 32.2. The number of anilines is 1. The van der Waals surface area contributed by atoms with E-state index in [4.69, 9.17) is 10.5 Å². The minimum absolute atomic E-state index is 0.0495. The van der Waals surface area contributed by atoms with Gasteiger partial charge in [-0.05, 0) is 42.5 Å². The molecule has 5 nitrogen and oxygen atoms in total. The Labute approximate surface area is 123 Å². The lowest BCUT2D eigenvalue weighted by Crippen LogP contribution is -2.26. The van der Waals surface area contributed by atoms with E-state index in [2.05, 4.69) is 0 Å². The molecule has 0 fully saturated rings. The van der Waals surface area contributed by atoms with E-state index in [1.165, 1.54) is 25.2 Å². The number of nitriles is 2. The van der Waals surface area contributed by atoms with Gasteiger partial charge in [-0.3, -0.25) is 4.31 Å². The van der Waals surface area contributed by atoms with Crippen LogP contribution in [0, 0.1) is 22.7 Å². The van der Waals surface area contributed by atoms with E-state index in [9.17, 15) is 8.42 Å². The molecule has 6 heteroatoms. The van der Waals surface area contributed by atoms with Crippen LogP contribution in [0.3, 0.4) is 0 Å². The number of hydrogen-bond donors (Lipinski definition) is 0. The van der Waals surface area contributed by atoms with Crippen molar-refractivity contribution in [3.8, 4) is 12.1 Å². The van der Waals surface area contributed by atoms with Gasteiger partial charge in [0.25, 0.3) is 10.0 Å². The standard InChI is InChI=1S/C15H11N3O2S/c1-18(14-7-5-12(10-16)6-8-14)21(19,20)15-4-2-3-13(9-15)11-17/h2-9H,1H3. The summed E-state index contributed by atoms with van der Waals surface area (Å²) >= 11 is 0. The van der Waals surface area contributed by atoms with Gasteiger partial charge < -0.3 is 0 Å². The third-order valence-electron chi connectivity index (χ3n) is 2.98. The highest BCUT2D eigenvalue weighted by Gasteiger charge is 2.21. The van der Waals surface area contributed by atoms with Crippen molar-refractivity contribution < 1.29 is 8.42 Å². The van der Waals surface area contributed by atoms with E-state index in [1.807, 2.05) is 12.1 Å². The second-order valence-corrected chi connectivity index (χ2v) is 6.24. The van der Waals surface area contributed by atoms with E-state index in [1.54, 1.807) is 30.3 Å². The molecular formula is C15H11N3O2S. The van der Waals surface area contributed by atoms with Crippen LogP contribution in [0.15, 0.2) is 53.4 Å². The Hall–Kier alpha value is -2.83. The lowest BCUT2D eigenvalue weighted by Gasteiger charge is -2.19. The van der Waals surface area contributed by atoms with Crippen LogP contribution in [0.25, 0.3) is 0 Å². The van der Waals surface area contributed by atoms with E-state index in [-0.39, 0.29) is 10.5 Å². The van der Waals surface area contributed by atoms with Gasteiger partial charge in [0, 0.05) is 7.05 Å². The van der Waals surface area contributed by atoms with Crippen molar-refractivity contribution in [2.75, 3.05) is 11.4 Å². The van der Waals surface area contributed by atoms with Crippen molar-refractivity contribution in [3.05, 3.63) is 59.7 Å². The summed E-state index contributed by atoms with van der Waals surface area (Å²) in [5, 5.41) is 17.6. The minimum atomic E-state index is -3.74. The van der Waals surface area contributed by atoms with Crippen molar-refractivity contribution in [3.63, 3.8) is 0 Å². The molecule has 104 valence electrons. The van der Waals surface area contributed by atoms with Gasteiger partial charge in [-0.15, -0.1) is 0 Å². The molecule has 21 heavy (non-hydrogen) atoms. The third-order valence-corrected chi connectivity index (χ3v) is 4.76. The molecule has 0 bridgehead atoms. The Morgan fingerprint density at radius 3 is 2.14 bits per heavy atom. The number of rotatable bonds is 3. The lowest BCUT2D eigenvalue weighted by molar-refractivity contribution is 0.594. The Balaban J connectivity index is 2.42. The highest BCUT2D eigenvalue weighted by Crippen LogP contribution is 2.22. The van der Waals surface area contributed by atoms with Crippen molar-refractivity contribution in [2.24, 2.45) is 0 Å². The van der Waals surface area contributed by atoms with Gasteiger partial charge in [0.05, 0.1) is 33.8 Å². The number of benzene rings is 2. The summed E-state index contributed by atoms with van der Waals surface area (Å²) in [4.78, 5) is 0.0495. The molecule has 0 aliphatic heterocycles. The molecule has 0 amide bonds. The van der Waals surface area contributed by atoms with E-state index in [0.717, 1.165) is 4.31 Å². The molecule has 2 aromatic carbocycles. The fourth-order valence-corrected chi connectivity index (χ4v) is 3.01. The Kier molecular flexibility index (Phi) is 3.93. The molecule has 0 aliphatic rings. The summed E-state index contributed by atoms with van der Waals surface area (Å²) in [7, 11) is -2.32. The quantitative estimate of drug-likeness (QED) is 0.869. The van der Waals surface area contributed by atoms with Crippen LogP contribution in [0.1, 0.15) is 11.1 Å². The molecule has 0 aromatic heterocycles. The largest absolute Gasteiger partial charge is 0.269 e. The summed E-state index contributed by atoms with van der Waals surface area (Å²) in [5.41, 5.74) is 1.18. The monoisotopic (exact) mass is 297 g/mol. The number of nitrogens with zero attached hydrogens (tertiary/aromatic N) is 3. The van der Waals surface area contributed by atoms with Crippen LogP contribution in [0.2, 0.25) is 0 Å². The second-order valence-electron chi connectivity index (χ2n) is 4.27. The predicted molar refractivity (Wildman–Crippen MR) is 77.9 cm³/mol. The highest BCUT2D eigenvalue weighted by molar-refractivity contribution is 7.92. The molecule has 0 saturated carbocycles. The van der Waals surface area contributed by atoms with Crippen LogP contribution >= 0.6 is 0 Å². The molecule has 0 heterocycles. The van der Waals surface area contributed by atoms with Crippen LogP contribution in [0.5, 0.6) is 0 Å². The maximum absolute atomic E-state index is 12.5. The summed E-state index contributed by atoms with van der Waals surface area (Å²) < 4.78 is 26.1. The smallest absolute Gasteiger partial charge is 0.264 e. The van der Waals surface area contributed by atoms with Gasteiger partial charge in [0.15, 0.2) is 0 Å². The van der Waals surface area contributed by atoms with Gasteiger partial charge in [0.2, 0.25) is 0 Å². The van der Waals surface area contributed by atoms with Gasteiger partial charge >= 0.3 is 0 Å². The molecule has 2 rings (SSSR count). The summed E-state index contributed by atoms with van der Waals surface area (Å²) in [6.07, 6.45) is 0. The fourth-order valence-electron chi connectivity index (χ4n) is 1.77. The molecule has 2 aromatic rings. The number of sulfonamides is 1. The maximum Gasteiger partial charge on any atom is 0.264 e. The average Bonchev–Trinajstić information content (AvgIpc) is 2.54. The second kappa shape index (κ2) is 5.66. The van der Waals surface area contributed by atoms with Crippen molar-refractivity contribution in [1.29, 1.82) is 10.5 Å². The lowest BCUT2D eigenvalue weighted by atomic mass is 10.2. The zero-order valence-corrected chi connectivity index (χ0v) is 12.0. The van der Waals surface area contributed by atoms with Gasteiger partial charge in [-0.2, -0.15) is 10.5 Å². The molecule has 0 saturated heterocycles. The van der Waals surface area contributed by atoms with E-state index in [0.29, 0.717) is 11.3 Å². The van der Waals surface area contributed by atoms with Crippen LogP contribution in [-0.2, 0) is 10.0 Å². The Bertz CT molecular complexity index is 844. The summed E-state index contributed by atoms with van der Waals surface area (Å²) in [5.74, 6) is 0. The maximum atomic E-state index is 12.5. The Morgan fingerprint density at radius 2 is 1.57 bits per heavy atom. The first-order valence-electron chi connectivity index (χ1n) is 5.98. The first-order valence-corrected chi connectivity index (χ1v) is 7.42. The molecule has 0 atom stereocenters. The number of hydrogen-bond acceptors (Lipinski definition) is 4. The van der Waals surface area contributed by atoms with Crippen molar-refractivity contribution >= 4 is 15.7 Å². The normalized spacial score (nSPS) is 10.4. The first-order chi connectivity index (χ1) is 9.98. The van der Waals surface area contributed by atoms with Crippen molar-refractivity contribution in [1.82, 2.24) is 0 Å². The third kappa shape index (κ3) is 2.86. The minimum Gasteiger partial charge on any atom is -0.269 e. The van der Waals surface area contributed by atoms with E-state index < -0.39 is 10.0 Å². The molecular weight excluding hydrogens is 286 g/mol. The topological polar surface area (TPSA) is 85.0 Å². The fraction of sp³-hybridized carbons (Fsp3) is 0.0667. The average molecular weight is 297 g/mol. The molecule has 0 aliphatic carbocycles. The zero-order valence-electron chi connectivity index (χ0n) is 11.2. The van der Waals surface area contributed by atoms with Gasteiger partial charge in [0.1, 0.15) is 0 Å². The van der Waals surface area contributed by atoms with Crippen LogP contribution < -0.4 is 4.31 Å². The zero-order chi connectivity index (χ0) is 15.5. The Morgan fingerprint density at radius 1 is 0.952 bits per heavy atom. The summed E-state index contributed by atoms with van der Waals surface area (Å²) in [6.45, 7) is 0.